The van der Waals surface area contributed by atoms with Gasteiger partial charge in [-0.2, -0.15) is 0 Å². The highest BCUT2D eigenvalue weighted by Crippen LogP contribution is 1.99. The average molecular weight is 190 g/mol. The number of imide groups is 1. The van der Waals surface area contributed by atoms with Crippen molar-refractivity contribution >= 4 is 18.5 Å². The number of hydrogen-bond acceptors (Lipinski definition) is 2. The number of hydrogen-bond donors (Lipinski definition) is 2. The van der Waals surface area contributed by atoms with Gasteiger partial charge in [-0.3, -0.25) is 10.1 Å². The van der Waals surface area contributed by atoms with E-state index in [9.17, 15) is 9.59 Å². The molecule has 0 unspecified atom stereocenters. The van der Waals surface area contributed by atoms with Crippen molar-refractivity contribution in [2.24, 2.45) is 0 Å². The highest BCUT2D eigenvalue weighted by atomic mass is 16.2. The largest absolute Gasteiger partial charge is 0.325 e. The number of carbonyl (C=O) groups is 2. The van der Waals surface area contributed by atoms with Crippen molar-refractivity contribution in [3.05, 3.63) is 42.1 Å². The second-order valence-electron chi connectivity index (χ2n) is 2.48. The molecule has 0 spiro atoms. The molecule has 72 valence electrons. The van der Waals surface area contributed by atoms with Gasteiger partial charge in [0, 0.05) is 6.20 Å². The second kappa shape index (κ2) is 5.53. The summed E-state index contributed by atoms with van der Waals surface area (Å²) in [6, 6.07) is 8.94. The molecule has 0 saturated carbocycles. The molecular weight excluding hydrogens is 180 g/mol. The molecule has 3 amide bonds. The predicted octanol–water partition coefficient (Wildman–Crippen LogP) is 1.11. The lowest BCUT2D eigenvalue weighted by Gasteiger charge is -1.95. The molecular formula is C10H10N2O2. The standard InChI is InChI=1S/C10H10N2O2/c13-8-12-10(14)11-7-6-9-4-2-1-3-5-9/h1-8H,(H2,11,12,13,14). The highest BCUT2D eigenvalue weighted by Gasteiger charge is 1.91. The SMILES string of the molecule is O=CNC(=O)NC=Cc1ccccc1. The number of rotatable bonds is 3. The summed E-state index contributed by atoms with van der Waals surface area (Å²) in [6.07, 6.45) is 3.52. The minimum absolute atomic E-state index is 0.325. The van der Waals surface area contributed by atoms with Gasteiger partial charge in [0.15, 0.2) is 0 Å². The van der Waals surface area contributed by atoms with Gasteiger partial charge in [-0.15, -0.1) is 0 Å². The van der Waals surface area contributed by atoms with Gasteiger partial charge in [0.1, 0.15) is 0 Å². The van der Waals surface area contributed by atoms with Crippen LogP contribution in [0.1, 0.15) is 5.56 Å². The van der Waals surface area contributed by atoms with Crippen LogP contribution in [0.15, 0.2) is 36.5 Å². The topological polar surface area (TPSA) is 58.2 Å². The van der Waals surface area contributed by atoms with E-state index in [1.807, 2.05) is 35.6 Å². The molecule has 0 aliphatic rings. The van der Waals surface area contributed by atoms with Crippen LogP contribution in [-0.4, -0.2) is 12.4 Å². The van der Waals surface area contributed by atoms with Crippen LogP contribution < -0.4 is 10.6 Å². The molecule has 0 atom stereocenters. The molecule has 0 radical (unpaired) electrons. The number of amides is 3. The van der Waals surface area contributed by atoms with Crippen molar-refractivity contribution in [1.82, 2.24) is 10.6 Å². The van der Waals surface area contributed by atoms with Crippen molar-refractivity contribution < 1.29 is 9.59 Å². The maximum absolute atomic E-state index is 10.7. The smallest absolute Gasteiger partial charge is 0.314 e. The molecule has 4 heteroatoms. The summed E-state index contributed by atoms with van der Waals surface area (Å²) in [4.78, 5) is 20.6. The summed E-state index contributed by atoms with van der Waals surface area (Å²) >= 11 is 0. The third-order valence-corrected chi connectivity index (χ3v) is 1.48. The number of carbonyl (C=O) groups excluding carboxylic acids is 2. The van der Waals surface area contributed by atoms with E-state index in [4.69, 9.17) is 0 Å². The van der Waals surface area contributed by atoms with Crippen molar-refractivity contribution in [2.45, 2.75) is 0 Å². The van der Waals surface area contributed by atoms with Crippen molar-refractivity contribution in [1.29, 1.82) is 0 Å². The van der Waals surface area contributed by atoms with Crippen LogP contribution in [0.5, 0.6) is 0 Å². The zero-order valence-corrected chi connectivity index (χ0v) is 7.44. The van der Waals surface area contributed by atoms with Crippen LogP contribution in [0.25, 0.3) is 6.08 Å². The Morgan fingerprint density at radius 3 is 2.50 bits per heavy atom. The maximum Gasteiger partial charge on any atom is 0.325 e. The Kier molecular flexibility index (Phi) is 3.94. The number of benzene rings is 1. The second-order valence-corrected chi connectivity index (χ2v) is 2.48. The van der Waals surface area contributed by atoms with E-state index in [-0.39, 0.29) is 0 Å². The highest BCUT2D eigenvalue weighted by molar-refractivity contribution is 5.85. The van der Waals surface area contributed by atoms with E-state index < -0.39 is 6.03 Å². The van der Waals surface area contributed by atoms with Gasteiger partial charge in [-0.1, -0.05) is 30.3 Å². The molecule has 4 nitrogen and oxygen atoms in total. The fraction of sp³-hybridized carbons (Fsp3) is 0. The zero-order chi connectivity index (χ0) is 10.2. The van der Waals surface area contributed by atoms with E-state index in [0.717, 1.165) is 5.56 Å². The molecule has 14 heavy (non-hydrogen) atoms. The molecule has 1 aromatic carbocycles. The van der Waals surface area contributed by atoms with Crippen LogP contribution in [0, 0.1) is 0 Å². The molecule has 0 bridgehead atoms. The minimum atomic E-state index is -0.549. The fourth-order valence-electron chi connectivity index (χ4n) is 0.873. The van der Waals surface area contributed by atoms with Gasteiger partial charge in [-0.25, -0.2) is 4.79 Å². The summed E-state index contributed by atoms with van der Waals surface area (Å²) in [7, 11) is 0. The van der Waals surface area contributed by atoms with E-state index >= 15 is 0 Å². The van der Waals surface area contributed by atoms with Crippen molar-refractivity contribution in [3.63, 3.8) is 0 Å². The quantitative estimate of drug-likeness (QED) is 0.701. The first kappa shape index (κ1) is 9.98. The first-order valence-corrected chi connectivity index (χ1v) is 4.05. The molecule has 0 heterocycles. The van der Waals surface area contributed by atoms with Crippen LogP contribution in [0.2, 0.25) is 0 Å². The Morgan fingerprint density at radius 1 is 1.14 bits per heavy atom. The van der Waals surface area contributed by atoms with Crippen LogP contribution >= 0.6 is 0 Å². The molecule has 0 saturated heterocycles. The van der Waals surface area contributed by atoms with Gasteiger partial charge in [0.05, 0.1) is 0 Å². The predicted molar refractivity (Wildman–Crippen MR) is 53.2 cm³/mol. The minimum Gasteiger partial charge on any atom is -0.314 e. The zero-order valence-electron chi connectivity index (χ0n) is 7.44. The van der Waals surface area contributed by atoms with Gasteiger partial charge in [-0.05, 0) is 11.6 Å². The summed E-state index contributed by atoms with van der Waals surface area (Å²) in [5.41, 5.74) is 0.971. The Hall–Kier alpha value is -2.10. The number of nitrogens with one attached hydrogen (secondary N) is 2. The van der Waals surface area contributed by atoms with Gasteiger partial charge < -0.3 is 5.32 Å². The van der Waals surface area contributed by atoms with Crippen LogP contribution in [0.3, 0.4) is 0 Å². The van der Waals surface area contributed by atoms with E-state index in [1.54, 1.807) is 6.08 Å². The molecule has 1 rings (SSSR count). The van der Waals surface area contributed by atoms with E-state index in [2.05, 4.69) is 5.32 Å². The Bertz CT molecular complexity index is 333. The van der Waals surface area contributed by atoms with Crippen LogP contribution in [-0.2, 0) is 4.79 Å². The molecule has 1 aromatic rings. The first-order chi connectivity index (χ1) is 6.83. The lowest BCUT2D eigenvalue weighted by atomic mass is 10.2. The summed E-state index contributed by atoms with van der Waals surface area (Å²) < 4.78 is 0. The van der Waals surface area contributed by atoms with Gasteiger partial charge >= 0.3 is 6.03 Å². The summed E-state index contributed by atoms with van der Waals surface area (Å²) in [6.45, 7) is 0. The Morgan fingerprint density at radius 2 is 1.86 bits per heavy atom. The average Bonchev–Trinajstić information content (AvgIpc) is 2.20. The third kappa shape index (κ3) is 3.53. The van der Waals surface area contributed by atoms with Crippen molar-refractivity contribution in [2.75, 3.05) is 0 Å². The first-order valence-electron chi connectivity index (χ1n) is 4.05. The monoisotopic (exact) mass is 190 g/mol. The molecule has 0 aliphatic carbocycles. The molecule has 2 N–H and O–H groups in total. The van der Waals surface area contributed by atoms with E-state index in [1.165, 1.54) is 6.20 Å². The molecule has 0 fully saturated rings. The van der Waals surface area contributed by atoms with Crippen molar-refractivity contribution in [3.8, 4) is 0 Å². The number of urea groups is 1. The maximum atomic E-state index is 10.7. The third-order valence-electron chi connectivity index (χ3n) is 1.48. The lowest BCUT2D eigenvalue weighted by Crippen LogP contribution is -2.30. The fourth-order valence-corrected chi connectivity index (χ4v) is 0.873. The van der Waals surface area contributed by atoms with Gasteiger partial charge in [0.2, 0.25) is 6.41 Å². The Balaban J connectivity index is 2.42. The molecule has 0 aliphatic heterocycles. The molecule has 0 aromatic heterocycles. The van der Waals surface area contributed by atoms with Crippen LogP contribution in [0.4, 0.5) is 4.79 Å². The lowest BCUT2D eigenvalue weighted by molar-refractivity contribution is -0.108. The van der Waals surface area contributed by atoms with Gasteiger partial charge in [0.25, 0.3) is 0 Å². The summed E-state index contributed by atoms with van der Waals surface area (Å²) in [5, 5.41) is 4.32. The Labute approximate surface area is 81.6 Å². The normalized spacial score (nSPS) is 9.71. The summed E-state index contributed by atoms with van der Waals surface area (Å²) in [5.74, 6) is 0. The van der Waals surface area contributed by atoms with E-state index in [0.29, 0.717) is 6.41 Å².